The molecule has 0 fully saturated rings. The molecule has 0 aliphatic rings. The molecule has 1 aromatic carbocycles. The van der Waals surface area contributed by atoms with Gasteiger partial charge in [-0.1, -0.05) is 29.8 Å². The van der Waals surface area contributed by atoms with Crippen LogP contribution in [-0.4, -0.2) is 22.6 Å². The van der Waals surface area contributed by atoms with Crippen molar-refractivity contribution < 1.29 is 9.53 Å². The molecule has 0 bridgehead atoms. The third-order valence-electron chi connectivity index (χ3n) is 3.32. The Morgan fingerprint density at radius 1 is 1.48 bits per heavy atom. The zero-order valence-electron chi connectivity index (χ0n) is 12.3. The number of rotatable bonds is 5. The molecule has 0 aliphatic carbocycles. The van der Waals surface area contributed by atoms with E-state index in [1.54, 1.807) is 0 Å². The molecule has 1 unspecified atom stereocenters. The molecule has 0 radical (unpaired) electrons. The lowest BCUT2D eigenvalue weighted by molar-refractivity contribution is -0.145. The Labute approximate surface area is 137 Å². The van der Waals surface area contributed by atoms with Crippen molar-refractivity contribution in [2.45, 2.75) is 32.2 Å². The van der Waals surface area contributed by atoms with Crippen molar-refractivity contribution in [2.75, 3.05) is 7.11 Å². The van der Waals surface area contributed by atoms with Crippen LogP contribution >= 0.6 is 27.5 Å². The summed E-state index contributed by atoms with van der Waals surface area (Å²) in [4.78, 5) is 16.7. The SMILES string of the molecule is COC(=O)C(CC(C)C)n1c(CCl)nc2ccc(Br)cc21. The molecule has 1 atom stereocenters. The van der Waals surface area contributed by atoms with Crippen molar-refractivity contribution in [3.63, 3.8) is 0 Å². The quantitative estimate of drug-likeness (QED) is 0.580. The number of alkyl halides is 1. The number of halogens is 2. The van der Waals surface area contributed by atoms with Gasteiger partial charge in [-0.3, -0.25) is 0 Å². The third-order valence-corrected chi connectivity index (χ3v) is 4.06. The summed E-state index contributed by atoms with van der Waals surface area (Å²) in [5.41, 5.74) is 1.71. The average Bonchev–Trinajstić information content (AvgIpc) is 2.81. The van der Waals surface area contributed by atoms with E-state index in [1.807, 2.05) is 22.8 Å². The number of benzene rings is 1. The van der Waals surface area contributed by atoms with Crippen LogP contribution in [0.3, 0.4) is 0 Å². The predicted octanol–water partition coefficient (Wildman–Crippen LogP) is 4.30. The van der Waals surface area contributed by atoms with E-state index in [0.717, 1.165) is 15.5 Å². The highest BCUT2D eigenvalue weighted by Gasteiger charge is 2.27. The number of esters is 1. The first-order valence-corrected chi connectivity index (χ1v) is 8.10. The van der Waals surface area contributed by atoms with E-state index in [9.17, 15) is 4.79 Å². The summed E-state index contributed by atoms with van der Waals surface area (Å²) in [6.07, 6.45) is 0.675. The molecule has 2 aromatic rings. The second-order valence-corrected chi connectivity index (χ2v) is 6.52. The number of carbonyl (C=O) groups is 1. The van der Waals surface area contributed by atoms with Gasteiger partial charge in [0.05, 0.1) is 24.0 Å². The van der Waals surface area contributed by atoms with Gasteiger partial charge in [0.2, 0.25) is 0 Å². The molecule has 0 saturated carbocycles. The van der Waals surface area contributed by atoms with Crippen LogP contribution in [0.4, 0.5) is 0 Å². The maximum atomic E-state index is 12.2. The summed E-state index contributed by atoms with van der Waals surface area (Å²) in [7, 11) is 1.41. The Bertz CT molecular complexity index is 654. The van der Waals surface area contributed by atoms with Crippen molar-refractivity contribution in [1.82, 2.24) is 9.55 Å². The van der Waals surface area contributed by atoms with Gasteiger partial charge in [-0.25, -0.2) is 9.78 Å². The zero-order valence-corrected chi connectivity index (χ0v) is 14.6. The molecule has 21 heavy (non-hydrogen) atoms. The fourth-order valence-electron chi connectivity index (χ4n) is 2.45. The number of nitrogens with zero attached hydrogens (tertiary/aromatic N) is 2. The van der Waals surface area contributed by atoms with Crippen molar-refractivity contribution in [2.24, 2.45) is 5.92 Å². The lowest BCUT2D eigenvalue weighted by Crippen LogP contribution is -2.24. The number of ether oxygens (including phenoxy) is 1. The van der Waals surface area contributed by atoms with Crippen LogP contribution in [0.15, 0.2) is 22.7 Å². The third kappa shape index (κ3) is 3.40. The number of hydrogen-bond acceptors (Lipinski definition) is 3. The number of carbonyl (C=O) groups excluding carboxylic acids is 1. The summed E-state index contributed by atoms with van der Waals surface area (Å²) in [5.74, 6) is 1.01. The molecular formula is C15H18BrClN2O2. The minimum Gasteiger partial charge on any atom is -0.467 e. The van der Waals surface area contributed by atoms with Gasteiger partial charge < -0.3 is 9.30 Å². The van der Waals surface area contributed by atoms with Crippen LogP contribution in [0.5, 0.6) is 0 Å². The Hall–Kier alpha value is -1.07. The average molecular weight is 374 g/mol. The highest BCUT2D eigenvalue weighted by atomic mass is 79.9. The summed E-state index contributed by atoms with van der Waals surface area (Å²) in [6.45, 7) is 4.15. The lowest BCUT2D eigenvalue weighted by Gasteiger charge is -2.21. The van der Waals surface area contributed by atoms with E-state index in [1.165, 1.54) is 7.11 Å². The minimum atomic E-state index is -0.414. The highest BCUT2D eigenvalue weighted by Crippen LogP contribution is 2.29. The Morgan fingerprint density at radius 3 is 2.76 bits per heavy atom. The fourth-order valence-corrected chi connectivity index (χ4v) is 2.99. The van der Waals surface area contributed by atoms with Gasteiger partial charge in [0.1, 0.15) is 11.9 Å². The van der Waals surface area contributed by atoms with E-state index in [-0.39, 0.29) is 11.8 Å². The summed E-state index contributed by atoms with van der Waals surface area (Å²) in [5, 5.41) is 0. The summed E-state index contributed by atoms with van der Waals surface area (Å²) < 4.78 is 7.81. The zero-order chi connectivity index (χ0) is 15.6. The van der Waals surface area contributed by atoms with E-state index in [0.29, 0.717) is 18.2 Å². The van der Waals surface area contributed by atoms with Crippen LogP contribution < -0.4 is 0 Å². The van der Waals surface area contributed by atoms with Crippen LogP contribution in [0.25, 0.3) is 11.0 Å². The normalized spacial score (nSPS) is 12.9. The number of imidazole rings is 1. The monoisotopic (exact) mass is 372 g/mol. The molecule has 6 heteroatoms. The Kier molecular flexibility index (Phi) is 5.27. The second kappa shape index (κ2) is 6.79. The fraction of sp³-hybridized carbons (Fsp3) is 0.467. The largest absolute Gasteiger partial charge is 0.467 e. The standard InChI is InChI=1S/C15H18BrClN2O2/c1-9(2)6-13(15(20)21-3)19-12-7-10(16)4-5-11(12)18-14(19)8-17/h4-5,7,9,13H,6,8H2,1-3H3. The van der Waals surface area contributed by atoms with Crippen LogP contribution in [-0.2, 0) is 15.4 Å². The number of methoxy groups -OCH3 is 1. The second-order valence-electron chi connectivity index (χ2n) is 5.33. The van der Waals surface area contributed by atoms with Crippen LogP contribution in [0, 0.1) is 5.92 Å². The van der Waals surface area contributed by atoms with Gasteiger partial charge in [-0.2, -0.15) is 0 Å². The molecule has 2 rings (SSSR count). The van der Waals surface area contributed by atoms with Crippen molar-refractivity contribution in [3.05, 3.63) is 28.5 Å². The van der Waals surface area contributed by atoms with E-state index < -0.39 is 6.04 Å². The van der Waals surface area contributed by atoms with Crippen molar-refractivity contribution >= 4 is 44.5 Å². The maximum absolute atomic E-state index is 12.2. The van der Waals surface area contributed by atoms with Gasteiger partial charge in [-0.05, 0) is 30.5 Å². The molecule has 1 heterocycles. The van der Waals surface area contributed by atoms with Crippen molar-refractivity contribution in [1.29, 1.82) is 0 Å². The van der Waals surface area contributed by atoms with Gasteiger partial charge in [0, 0.05) is 4.47 Å². The van der Waals surface area contributed by atoms with Gasteiger partial charge in [0.15, 0.2) is 0 Å². The van der Waals surface area contributed by atoms with E-state index >= 15 is 0 Å². The summed E-state index contributed by atoms with van der Waals surface area (Å²) >= 11 is 9.49. The predicted molar refractivity (Wildman–Crippen MR) is 87.5 cm³/mol. The summed E-state index contributed by atoms with van der Waals surface area (Å²) in [6, 6.07) is 5.38. The molecule has 0 saturated heterocycles. The number of aromatic nitrogens is 2. The van der Waals surface area contributed by atoms with Crippen LogP contribution in [0.1, 0.15) is 32.1 Å². The lowest BCUT2D eigenvalue weighted by atomic mass is 10.0. The van der Waals surface area contributed by atoms with Gasteiger partial charge in [0.25, 0.3) is 0 Å². The Morgan fingerprint density at radius 2 is 2.19 bits per heavy atom. The molecule has 114 valence electrons. The molecule has 1 aromatic heterocycles. The highest BCUT2D eigenvalue weighted by molar-refractivity contribution is 9.10. The minimum absolute atomic E-state index is 0.248. The molecule has 0 spiro atoms. The first-order valence-electron chi connectivity index (χ1n) is 6.78. The van der Waals surface area contributed by atoms with E-state index in [4.69, 9.17) is 16.3 Å². The molecule has 0 aliphatic heterocycles. The van der Waals surface area contributed by atoms with Crippen molar-refractivity contribution in [3.8, 4) is 0 Å². The van der Waals surface area contributed by atoms with Gasteiger partial charge >= 0.3 is 5.97 Å². The molecule has 4 nitrogen and oxygen atoms in total. The number of hydrogen-bond donors (Lipinski definition) is 0. The molecule has 0 amide bonds. The maximum Gasteiger partial charge on any atom is 0.328 e. The topological polar surface area (TPSA) is 44.1 Å². The molecular weight excluding hydrogens is 356 g/mol. The van der Waals surface area contributed by atoms with Crippen LogP contribution in [0.2, 0.25) is 0 Å². The Balaban J connectivity index is 2.64. The smallest absolute Gasteiger partial charge is 0.328 e. The molecule has 0 N–H and O–H groups in total. The first kappa shape index (κ1) is 16.3. The van der Waals surface area contributed by atoms with E-state index in [2.05, 4.69) is 34.8 Å². The first-order chi connectivity index (χ1) is 9.97. The number of fused-ring (bicyclic) bond motifs is 1. The van der Waals surface area contributed by atoms with Gasteiger partial charge in [-0.15, -0.1) is 11.6 Å².